The van der Waals surface area contributed by atoms with E-state index < -0.39 is 44.0 Å². The maximum absolute atomic E-state index is 16.0. The van der Waals surface area contributed by atoms with Crippen LogP contribution in [0, 0.1) is 58.8 Å². The highest BCUT2D eigenvalue weighted by Gasteiger charge is 2.69. The van der Waals surface area contributed by atoms with Gasteiger partial charge in [-0.05, 0) is 63.4 Å². The van der Waals surface area contributed by atoms with Crippen LogP contribution in [0.1, 0.15) is 92.2 Å². The van der Waals surface area contributed by atoms with Gasteiger partial charge in [0.25, 0.3) is 0 Å². The van der Waals surface area contributed by atoms with E-state index in [2.05, 4.69) is 12.1 Å². The first-order valence-corrected chi connectivity index (χ1v) is 22.6. The summed E-state index contributed by atoms with van der Waals surface area (Å²) in [7, 11) is -5.67. The molecule has 304 valence electrons. The van der Waals surface area contributed by atoms with Crippen LogP contribution in [0.3, 0.4) is 0 Å². The van der Waals surface area contributed by atoms with Crippen LogP contribution in [0.15, 0.2) is 17.0 Å². The monoisotopic (exact) mass is 814 g/mol. The van der Waals surface area contributed by atoms with E-state index in [-0.39, 0.29) is 126 Å². The van der Waals surface area contributed by atoms with Crippen molar-refractivity contribution in [3.8, 4) is 11.5 Å². The molecule has 0 saturated carbocycles. The summed E-state index contributed by atoms with van der Waals surface area (Å²) in [6, 6.07) is 4.11. The van der Waals surface area contributed by atoms with E-state index in [9.17, 15) is 13.0 Å². The summed E-state index contributed by atoms with van der Waals surface area (Å²) in [5.74, 6) is -9.11. The largest absolute Gasteiger partial charge is 0.450 e. The van der Waals surface area contributed by atoms with Crippen molar-refractivity contribution in [2.75, 3.05) is 0 Å². The van der Waals surface area contributed by atoms with Crippen LogP contribution in [0.4, 0.5) is 17.6 Å². The molecule has 12 aliphatic rings. The summed E-state index contributed by atoms with van der Waals surface area (Å²) in [6.07, 6.45) is 7.93. The number of benzene rings is 2. The van der Waals surface area contributed by atoms with E-state index in [1.165, 1.54) is 0 Å². The Morgan fingerprint density at radius 3 is 1.26 bits per heavy atom. The van der Waals surface area contributed by atoms with Gasteiger partial charge in [0.2, 0.25) is 17.4 Å². The van der Waals surface area contributed by atoms with Crippen LogP contribution in [0.5, 0.6) is 11.5 Å². The average molecular weight is 815 g/mol. The van der Waals surface area contributed by atoms with Gasteiger partial charge in [-0.1, -0.05) is 12.1 Å². The number of rotatable bonds is 6. The molecule has 2 aromatic carbocycles. The minimum absolute atomic E-state index is 0.0133. The van der Waals surface area contributed by atoms with Gasteiger partial charge in [-0.25, -0.2) is 8.78 Å². The second-order valence-corrected chi connectivity index (χ2v) is 20.7. The minimum Gasteiger partial charge on any atom is -0.450 e. The molecule has 1 N–H and O–H groups in total. The molecular weight excluding hydrogens is 773 g/mol. The van der Waals surface area contributed by atoms with Gasteiger partial charge >= 0.3 is 10.1 Å². The van der Waals surface area contributed by atoms with Crippen molar-refractivity contribution < 1.29 is 63.7 Å². The molecule has 21 atom stereocenters. The normalized spacial score (nSPS) is 50.9. The smallest absolute Gasteiger partial charge is 0.300 e. The third-order valence-corrected chi connectivity index (χ3v) is 18.2. The van der Waals surface area contributed by atoms with E-state index in [4.69, 9.17) is 33.2 Å². The fourth-order valence-electron chi connectivity index (χ4n) is 15.6. The summed E-state index contributed by atoms with van der Waals surface area (Å²) >= 11 is 0. The SMILES string of the molecule is O=S(=O)(O)c1c(F)c(F)c(Oc2c(C3CC4OC3C3C5CCC(O5)C43)cc(C3CC4OC3C3C5CCC(O5)C43)cc2C2CC3OC2C2C4CCC(O4)C32)c(F)c1F. The highest BCUT2D eigenvalue weighted by atomic mass is 32.2. The lowest BCUT2D eigenvalue weighted by molar-refractivity contribution is 0.00549. The molecule has 0 amide bonds. The van der Waals surface area contributed by atoms with E-state index in [0.717, 1.165) is 50.5 Å². The number of ether oxygens (including phenoxy) is 7. The summed E-state index contributed by atoms with van der Waals surface area (Å²) in [5, 5.41) is 0. The standard InChI is InChI=1S/C42H42F4O10S/c43-33-35(45)42(57(47,48)49)36(46)34(44)41(33)56-37-14(16-10-25-28-19-2-5-22(51-19)31(28)39(16)54-25)7-12(13-9-24-27-18-1-4-21(50-18)30(27)38(13)53-24)8-15(37)17-11-26-29-20-3-6-23(52-20)32(29)40(17)55-26/h7-8,13,16-32,38-40H,1-6,9-11H2,(H,47,48,49). The summed E-state index contributed by atoms with van der Waals surface area (Å²) in [5.41, 5.74) is 2.30. The van der Waals surface area contributed by atoms with E-state index in [1.54, 1.807) is 0 Å². The first-order chi connectivity index (χ1) is 27.5. The second-order valence-electron chi connectivity index (χ2n) is 19.3. The molecule has 21 unspecified atom stereocenters. The third kappa shape index (κ3) is 4.29. The molecule has 0 aliphatic carbocycles. The van der Waals surface area contributed by atoms with Gasteiger partial charge in [0.1, 0.15) is 5.75 Å². The fourth-order valence-corrected chi connectivity index (χ4v) is 16.2. The topological polar surface area (TPSA) is 119 Å². The van der Waals surface area contributed by atoms with Crippen LogP contribution < -0.4 is 4.74 Å². The Kier molecular flexibility index (Phi) is 6.81. The Morgan fingerprint density at radius 1 is 0.491 bits per heavy atom. The molecular formula is C42H42F4O10S. The number of fused-ring (bicyclic) bond motifs is 27. The maximum Gasteiger partial charge on any atom is 0.300 e. The number of hydrogen-bond donors (Lipinski definition) is 1. The van der Waals surface area contributed by atoms with Crippen molar-refractivity contribution in [1.29, 1.82) is 0 Å². The zero-order valence-electron chi connectivity index (χ0n) is 30.7. The summed E-state index contributed by atoms with van der Waals surface area (Å²) < 4.78 is 142. The molecule has 2 aromatic rings. The molecule has 12 aliphatic heterocycles. The van der Waals surface area contributed by atoms with E-state index in [1.807, 2.05) is 0 Å². The van der Waals surface area contributed by atoms with Gasteiger partial charge in [0.15, 0.2) is 16.5 Å². The molecule has 0 spiro atoms. The van der Waals surface area contributed by atoms with Crippen molar-refractivity contribution in [2.45, 2.75) is 154 Å². The van der Waals surface area contributed by atoms with Crippen molar-refractivity contribution in [1.82, 2.24) is 0 Å². The van der Waals surface area contributed by atoms with Crippen molar-refractivity contribution >= 4 is 10.1 Å². The van der Waals surface area contributed by atoms with E-state index in [0.29, 0.717) is 29.9 Å². The first-order valence-electron chi connectivity index (χ1n) is 21.1. The molecule has 12 bridgehead atoms. The third-order valence-electron chi connectivity index (χ3n) is 17.3. The Hall–Kier alpha value is -2.37. The van der Waals surface area contributed by atoms with Gasteiger partial charge in [-0.15, -0.1) is 0 Å². The van der Waals surface area contributed by atoms with Crippen LogP contribution in [-0.4, -0.2) is 86.2 Å². The molecule has 12 fully saturated rings. The maximum atomic E-state index is 16.0. The molecule has 0 aromatic heterocycles. The quantitative estimate of drug-likeness (QED) is 0.199. The highest BCUT2D eigenvalue weighted by molar-refractivity contribution is 7.85. The van der Waals surface area contributed by atoms with Gasteiger partial charge < -0.3 is 33.2 Å². The fraction of sp³-hybridized carbons (Fsp3) is 0.714. The number of hydrogen-bond acceptors (Lipinski definition) is 9. The molecule has 12 heterocycles. The van der Waals surface area contributed by atoms with Gasteiger partial charge in [-0.3, -0.25) is 4.55 Å². The van der Waals surface area contributed by atoms with Crippen LogP contribution in [-0.2, 0) is 38.5 Å². The Balaban J connectivity index is 0.950. The lowest BCUT2D eigenvalue weighted by Gasteiger charge is -2.38. The van der Waals surface area contributed by atoms with Gasteiger partial charge in [-0.2, -0.15) is 17.2 Å². The van der Waals surface area contributed by atoms with E-state index >= 15 is 17.6 Å². The highest BCUT2D eigenvalue weighted by Crippen LogP contribution is 2.66. The van der Waals surface area contributed by atoms with Crippen molar-refractivity contribution in [3.63, 3.8) is 0 Å². The first kappa shape index (κ1) is 34.4. The predicted molar refractivity (Wildman–Crippen MR) is 185 cm³/mol. The molecule has 0 radical (unpaired) electrons. The zero-order valence-corrected chi connectivity index (χ0v) is 31.5. The molecule has 12 saturated heterocycles. The van der Waals surface area contributed by atoms with Crippen LogP contribution in [0.2, 0.25) is 0 Å². The molecule has 14 rings (SSSR count). The second kappa shape index (κ2) is 11.3. The predicted octanol–water partition coefficient (Wildman–Crippen LogP) is 6.43. The Bertz CT molecular complexity index is 2160. The molecule has 57 heavy (non-hydrogen) atoms. The Labute approximate surface area is 325 Å². The Morgan fingerprint density at radius 2 is 0.860 bits per heavy atom. The van der Waals surface area contributed by atoms with Gasteiger partial charge in [0, 0.05) is 64.4 Å². The van der Waals surface area contributed by atoms with Crippen molar-refractivity contribution in [3.05, 3.63) is 52.1 Å². The summed E-state index contributed by atoms with van der Waals surface area (Å²) in [4.78, 5) is -2.10. The lowest BCUT2D eigenvalue weighted by Crippen LogP contribution is -2.40. The van der Waals surface area contributed by atoms with Crippen LogP contribution >= 0.6 is 0 Å². The molecule has 15 heteroatoms. The zero-order chi connectivity index (χ0) is 38.1. The lowest BCUT2D eigenvalue weighted by atomic mass is 9.63. The average Bonchev–Trinajstić information content (AvgIpc) is 4.03. The molecule has 10 nitrogen and oxygen atoms in total. The number of halogens is 4. The van der Waals surface area contributed by atoms with Crippen molar-refractivity contribution in [2.24, 2.45) is 35.5 Å². The van der Waals surface area contributed by atoms with Crippen LogP contribution in [0.25, 0.3) is 0 Å². The minimum atomic E-state index is -5.67. The summed E-state index contributed by atoms with van der Waals surface area (Å²) in [6.45, 7) is 0. The van der Waals surface area contributed by atoms with Gasteiger partial charge in [0.05, 0.1) is 73.2 Å².